The fraction of sp³-hybridized carbons (Fsp3) is 0.300. The molecule has 0 radical (unpaired) electrons. The lowest BCUT2D eigenvalue weighted by Crippen LogP contribution is -2.49. The summed E-state index contributed by atoms with van der Waals surface area (Å²) in [6, 6.07) is 12.7. The summed E-state index contributed by atoms with van der Waals surface area (Å²) in [6.45, 7) is 4.82. The van der Waals surface area contributed by atoms with E-state index < -0.39 is 0 Å². The number of aromatic amines is 1. The molecule has 1 aliphatic heterocycles. The van der Waals surface area contributed by atoms with Crippen molar-refractivity contribution >= 4 is 22.5 Å². The maximum atomic E-state index is 12.8. The van der Waals surface area contributed by atoms with Crippen LogP contribution in [0.3, 0.4) is 0 Å². The van der Waals surface area contributed by atoms with Crippen molar-refractivity contribution in [2.75, 3.05) is 37.7 Å². The Kier molecular flexibility index (Phi) is 4.92. The Balaban J connectivity index is 1.45. The van der Waals surface area contributed by atoms with Crippen LogP contribution in [0.4, 0.5) is 5.82 Å². The molecule has 2 aromatic heterocycles. The number of H-pyrrole nitrogens is 1. The SMILES string of the molecule is CCOc1ccc(N2CCN(C(=O)c3cc4ccccc4c(=O)[nH]3)CC2)nn1. The Morgan fingerprint density at radius 2 is 1.89 bits per heavy atom. The van der Waals surface area contributed by atoms with E-state index in [1.54, 1.807) is 23.1 Å². The summed E-state index contributed by atoms with van der Waals surface area (Å²) in [4.78, 5) is 31.6. The predicted molar refractivity (Wildman–Crippen MR) is 106 cm³/mol. The van der Waals surface area contributed by atoms with Gasteiger partial charge < -0.3 is 19.5 Å². The first kappa shape index (κ1) is 18.0. The molecule has 1 aliphatic rings. The highest BCUT2D eigenvalue weighted by Gasteiger charge is 2.24. The zero-order valence-electron chi connectivity index (χ0n) is 15.6. The standard InChI is InChI=1S/C20H21N5O3/c1-2-28-18-8-7-17(22-23-18)24-9-11-25(12-10-24)20(27)16-13-14-5-3-4-6-15(14)19(26)21-16/h3-8,13H,2,9-12H2,1H3,(H,21,26). The molecule has 1 saturated heterocycles. The zero-order valence-corrected chi connectivity index (χ0v) is 15.6. The lowest BCUT2D eigenvalue weighted by Gasteiger charge is -2.35. The summed E-state index contributed by atoms with van der Waals surface area (Å²) in [5.41, 5.74) is 0.0720. The van der Waals surface area contributed by atoms with Gasteiger partial charge in [0.25, 0.3) is 11.5 Å². The maximum Gasteiger partial charge on any atom is 0.270 e. The van der Waals surface area contributed by atoms with E-state index in [1.165, 1.54) is 0 Å². The molecular formula is C20H21N5O3. The molecule has 0 aliphatic carbocycles. The van der Waals surface area contributed by atoms with Gasteiger partial charge in [-0.05, 0) is 30.5 Å². The number of fused-ring (bicyclic) bond motifs is 1. The molecule has 0 bridgehead atoms. The van der Waals surface area contributed by atoms with Gasteiger partial charge in [0.05, 0.1) is 6.61 Å². The van der Waals surface area contributed by atoms with Crippen LogP contribution in [0, 0.1) is 0 Å². The van der Waals surface area contributed by atoms with E-state index >= 15 is 0 Å². The molecule has 1 fully saturated rings. The molecule has 144 valence electrons. The highest BCUT2D eigenvalue weighted by Crippen LogP contribution is 2.17. The van der Waals surface area contributed by atoms with Crippen LogP contribution in [0.2, 0.25) is 0 Å². The Hall–Kier alpha value is -3.42. The van der Waals surface area contributed by atoms with Crippen molar-refractivity contribution in [3.05, 3.63) is 58.5 Å². The van der Waals surface area contributed by atoms with E-state index in [-0.39, 0.29) is 11.5 Å². The first-order valence-electron chi connectivity index (χ1n) is 9.28. The predicted octanol–water partition coefficient (Wildman–Crippen LogP) is 1.68. The van der Waals surface area contributed by atoms with Gasteiger partial charge in [0, 0.05) is 37.6 Å². The average molecular weight is 379 g/mol. The number of hydrogen-bond donors (Lipinski definition) is 1. The Bertz CT molecular complexity index is 1040. The summed E-state index contributed by atoms with van der Waals surface area (Å²) in [5, 5.41) is 9.59. The van der Waals surface area contributed by atoms with Crippen LogP contribution < -0.4 is 15.2 Å². The van der Waals surface area contributed by atoms with Gasteiger partial charge in [0.1, 0.15) is 5.69 Å². The Morgan fingerprint density at radius 3 is 2.61 bits per heavy atom. The highest BCUT2D eigenvalue weighted by molar-refractivity contribution is 5.96. The maximum absolute atomic E-state index is 12.8. The lowest BCUT2D eigenvalue weighted by atomic mass is 10.1. The Labute approximate surface area is 161 Å². The van der Waals surface area contributed by atoms with Crippen molar-refractivity contribution in [2.45, 2.75) is 6.92 Å². The molecule has 3 aromatic rings. The first-order valence-corrected chi connectivity index (χ1v) is 9.28. The van der Waals surface area contributed by atoms with E-state index in [4.69, 9.17) is 4.74 Å². The number of rotatable bonds is 4. The molecule has 1 amide bonds. The second-order valence-electron chi connectivity index (χ2n) is 6.54. The fourth-order valence-electron chi connectivity index (χ4n) is 3.34. The molecule has 0 saturated carbocycles. The third-order valence-corrected chi connectivity index (χ3v) is 4.79. The van der Waals surface area contributed by atoms with E-state index in [2.05, 4.69) is 20.1 Å². The molecular weight excluding hydrogens is 358 g/mol. The summed E-state index contributed by atoms with van der Waals surface area (Å²) in [5.74, 6) is 1.09. The molecule has 0 atom stereocenters. The number of ether oxygens (including phenoxy) is 1. The van der Waals surface area contributed by atoms with E-state index in [0.717, 1.165) is 11.2 Å². The minimum atomic E-state index is -0.246. The van der Waals surface area contributed by atoms with Gasteiger partial charge in [0.15, 0.2) is 5.82 Å². The molecule has 3 heterocycles. The highest BCUT2D eigenvalue weighted by atomic mass is 16.5. The van der Waals surface area contributed by atoms with E-state index in [9.17, 15) is 9.59 Å². The molecule has 8 heteroatoms. The summed E-state index contributed by atoms with van der Waals surface area (Å²) < 4.78 is 5.31. The largest absolute Gasteiger partial charge is 0.477 e. The summed E-state index contributed by atoms with van der Waals surface area (Å²) in [7, 11) is 0. The van der Waals surface area contributed by atoms with Gasteiger partial charge in [-0.1, -0.05) is 18.2 Å². The van der Waals surface area contributed by atoms with Crippen LogP contribution in [0.15, 0.2) is 47.3 Å². The molecule has 8 nitrogen and oxygen atoms in total. The third kappa shape index (κ3) is 3.53. The van der Waals surface area contributed by atoms with Crippen molar-refractivity contribution in [3.8, 4) is 5.88 Å². The van der Waals surface area contributed by atoms with Crippen molar-refractivity contribution in [1.29, 1.82) is 0 Å². The van der Waals surface area contributed by atoms with Gasteiger partial charge >= 0.3 is 0 Å². The zero-order chi connectivity index (χ0) is 19.5. The van der Waals surface area contributed by atoms with Crippen LogP contribution in [0.25, 0.3) is 10.8 Å². The first-order chi connectivity index (χ1) is 13.7. The molecule has 1 aromatic carbocycles. The number of nitrogens with zero attached hydrogens (tertiary/aromatic N) is 4. The van der Waals surface area contributed by atoms with Crippen LogP contribution in [-0.2, 0) is 0 Å². The van der Waals surface area contributed by atoms with E-state index in [1.807, 2.05) is 31.2 Å². The third-order valence-electron chi connectivity index (χ3n) is 4.79. The number of anilines is 1. The number of amides is 1. The van der Waals surface area contributed by atoms with Crippen LogP contribution in [-0.4, -0.2) is 58.8 Å². The van der Waals surface area contributed by atoms with Crippen LogP contribution in [0.1, 0.15) is 17.4 Å². The number of piperazine rings is 1. The molecule has 28 heavy (non-hydrogen) atoms. The van der Waals surface area contributed by atoms with Crippen LogP contribution >= 0.6 is 0 Å². The number of aromatic nitrogens is 3. The number of carbonyl (C=O) groups is 1. The minimum Gasteiger partial charge on any atom is -0.477 e. The van der Waals surface area contributed by atoms with Crippen molar-refractivity contribution in [3.63, 3.8) is 0 Å². The normalized spacial score (nSPS) is 14.3. The van der Waals surface area contributed by atoms with Gasteiger partial charge in [0.2, 0.25) is 5.88 Å². The number of pyridine rings is 1. The lowest BCUT2D eigenvalue weighted by molar-refractivity contribution is 0.0740. The number of carbonyl (C=O) groups excluding carboxylic acids is 1. The monoisotopic (exact) mass is 379 g/mol. The topological polar surface area (TPSA) is 91.4 Å². The van der Waals surface area contributed by atoms with Gasteiger partial charge in [-0.15, -0.1) is 10.2 Å². The summed E-state index contributed by atoms with van der Waals surface area (Å²) >= 11 is 0. The van der Waals surface area contributed by atoms with Gasteiger partial charge in [-0.2, -0.15) is 0 Å². The minimum absolute atomic E-state index is 0.166. The molecule has 4 rings (SSSR count). The molecule has 0 spiro atoms. The molecule has 0 unspecified atom stereocenters. The van der Waals surface area contributed by atoms with Gasteiger partial charge in [-0.25, -0.2) is 0 Å². The second kappa shape index (κ2) is 7.67. The second-order valence-corrected chi connectivity index (χ2v) is 6.54. The van der Waals surface area contributed by atoms with Gasteiger partial charge in [-0.3, -0.25) is 9.59 Å². The van der Waals surface area contributed by atoms with Crippen molar-refractivity contribution < 1.29 is 9.53 Å². The smallest absolute Gasteiger partial charge is 0.270 e. The van der Waals surface area contributed by atoms with Crippen molar-refractivity contribution in [2.24, 2.45) is 0 Å². The average Bonchev–Trinajstić information content (AvgIpc) is 2.74. The fourth-order valence-corrected chi connectivity index (χ4v) is 3.34. The number of nitrogens with one attached hydrogen (secondary N) is 1. The van der Waals surface area contributed by atoms with Crippen LogP contribution in [0.5, 0.6) is 5.88 Å². The quantitative estimate of drug-likeness (QED) is 0.742. The number of hydrogen-bond acceptors (Lipinski definition) is 6. The van der Waals surface area contributed by atoms with Crippen molar-refractivity contribution in [1.82, 2.24) is 20.1 Å². The number of benzene rings is 1. The summed E-state index contributed by atoms with van der Waals surface area (Å²) in [6.07, 6.45) is 0. The Morgan fingerprint density at radius 1 is 1.11 bits per heavy atom. The molecule has 1 N–H and O–H groups in total. The van der Waals surface area contributed by atoms with E-state index in [0.29, 0.717) is 49.7 Å².